The number of aromatic nitrogens is 3. The lowest BCUT2D eigenvalue weighted by Crippen LogP contribution is -2.14. The first-order valence-corrected chi connectivity index (χ1v) is 10.2. The Morgan fingerprint density at radius 1 is 1.18 bits per heavy atom. The molecule has 33 heavy (non-hydrogen) atoms. The molecule has 0 aliphatic carbocycles. The summed E-state index contributed by atoms with van der Waals surface area (Å²) in [5.41, 5.74) is -3.27. The molecule has 0 unspecified atom stereocenters. The van der Waals surface area contributed by atoms with Gasteiger partial charge in [-0.05, 0) is 37.3 Å². The van der Waals surface area contributed by atoms with Gasteiger partial charge in [-0.3, -0.25) is 0 Å². The minimum absolute atomic E-state index is 0.00216. The molecular weight excluding hydrogens is 485 g/mol. The molecular formula is C22H15Cl2F4N3O2. The second-order valence-corrected chi connectivity index (χ2v) is 7.51. The van der Waals surface area contributed by atoms with Crippen molar-refractivity contribution in [1.82, 2.24) is 14.9 Å². The fourth-order valence-corrected chi connectivity index (χ4v) is 3.64. The second-order valence-electron chi connectivity index (χ2n) is 6.66. The Labute approximate surface area is 198 Å². The zero-order valence-corrected chi connectivity index (χ0v) is 18.3. The van der Waals surface area contributed by atoms with E-state index < -0.39 is 46.8 Å². The standard InChI is InChI=1S/C22H15Cl2F4N3O2/c1-2-32-11-15-19(18-16(24)7-4-8-17(18)25)30-33-20(15)14-10-29-31(21(14)22(26,27)28)13-6-3-5-12(23)9-13/h3-10H,2,11H2,1H3/i11D2. The van der Waals surface area contributed by atoms with Crippen LogP contribution >= 0.6 is 23.2 Å². The molecule has 0 radical (unpaired) electrons. The molecule has 0 saturated heterocycles. The predicted octanol–water partition coefficient (Wildman–Crippen LogP) is 7.20. The Hall–Kier alpha value is -2.88. The van der Waals surface area contributed by atoms with Crippen LogP contribution in [0.3, 0.4) is 0 Å². The Kier molecular flexibility index (Phi) is 5.75. The highest BCUT2D eigenvalue weighted by atomic mass is 35.5. The average Bonchev–Trinajstić information content (AvgIpc) is 3.38. The largest absolute Gasteiger partial charge is 0.434 e. The summed E-state index contributed by atoms with van der Waals surface area (Å²) in [4.78, 5) is 0. The maximum atomic E-state index is 14.7. The van der Waals surface area contributed by atoms with Gasteiger partial charge in [-0.25, -0.2) is 9.07 Å². The van der Waals surface area contributed by atoms with Crippen LogP contribution in [-0.4, -0.2) is 21.5 Å². The first-order chi connectivity index (χ1) is 16.5. The number of ether oxygens (including phenoxy) is 1. The van der Waals surface area contributed by atoms with Gasteiger partial charge in [0, 0.05) is 11.6 Å². The molecule has 2 aromatic carbocycles. The summed E-state index contributed by atoms with van der Waals surface area (Å²) in [6.07, 6.45) is -4.12. The predicted molar refractivity (Wildman–Crippen MR) is 115 cm³/mol. The fraction of sp³-hybridized carbons (Fsp3) is 0.182. The van der Waals surface area contributed by atoms with Crippen molar-refractivity contribution in [1.29, 1.82) is 0 Å². The molecule has 172 valence electrons. The van der Waals surface area contributed by atoms with E-state index in [9.17, 15) is 17.6 Å². The van der Waals surface area contributed by atoms with E-state index in [1.165, 1.54) is 43.3 Å². The lowest BCUT2D eigenvalue weighted by Gasteiger charge is -2.13. The zero-order chi connectivity index (χ0) is 25.5. The van der Waals surface area contributed by atoms with Crippen LogP contribution in [0.4, 0.5) is 17.6 Å². The molecule has 0 spiro atoms. The third-order valence-corrected chi connectivity index (χ3v) is 5.10. The van der Waals surface area contributed by atoms with Crippen molar-refractivity contribution in [2.75, 3.05) is 6.61 Å². The highest BCUT2D eigenvalue weighted by molar-refractivity contribution is 6.33. The van der Waals surface area contributed by atoms with E-state index in [0.29, 0.717) is 4.68 Å². The molecule has 0 aliphatic heterocycles. The summed E-state index contributed by atoms with van der Waals surface area (Å²) >= 11 is 12.1. The number of alkyl halides is 3. The summed E-state index contributed by atoms with van der Waals surface area (Å²) < 4.78 is 85.3. The van der Waals surface area contributed by atoms with E-state index in [1.807, 2.05) is 0 Å². The van der Waals surface area contributed by atoms with Gasteiger partial charge in [0.15, 0.2) is 11.5 Å². The topological polar surface area (TPSA) is 53.1 Å². The first kappa shape index (κ1) is 20.7. The average molecular weight is 502 g/mol. The number of hydrogen-bond acceptors (Lipinski definition) is 4. The molecule has 0 aliphatic rings. The number of halogens is 6. The number of hydrogen-bond donors (Lipinski definition) is 0. The van der Waals surface area contributed by atoms with Gasteiger partial charge in [-0.15, -0.1) is 0 Å². The van der Waals surface area contributed by atoms with Gasteiger partial charge in [-0.1, -0.05) is 40.5 Å². The molecule has 0 bridgehead atoms. The molecule has 0 amide bonds. The maximum absolute atomic E-state index is 14.7. The maximum Gasteiger partial charge on any atom is 0.434 e. The van der Waals surface area contributed by atoms with E-state index in [4.69, 9.17) is 35.2 Å². The van der Waals surface area contributed by atoms with E-state index >= 15 is 0 Å². The lowest BCUT2D eigenvalue weighted by atomic mass is 10.0. The van der Waals surface area contributed by atoms with Gasteiger partial charge >= 0.3 is 6.18 Å². The number of nitrogens with zero attached hydrogens (tertiary/aromatic N) is 3. The molecule has 5 nitrogen and oxygen atoms in total. The van der Waals surface area contributed by atoms with Gasteiger partial charge in [0.2, 0.25) is 0 Å². The first-order valence-electron chi connectivity index (χ1n) is 10.5. The van der Waals surface area contributed by atoms with Gasteiger partial charge < -0.3 is 9.26 Å². The van der Waals surface area contributed by atoms with Gasteiger partial charge in [-0.2, -0.15) is 18.3 Å². The molecule has 4 aromatic rings. The monoisotopic (exact) mass is 501 g/mol. The highest BCUT2D eigenvalue weighted by Gasteiger charge is 2.41. The van der Waals surface area contributed by atoms with Gasteiger partial charge in [0.25, 0.3) is 0 Å². The van der Waals surface area contributed by atoms with Gasteiger partial charge in [0.1, 0.15) is 11.5 Å². The van der Waals surface area contributed by atoms with Crippen LogP contribution in [0.2, 0.25) is 10.0 Å². The highest BCUT2D eigenvalue weighted by Crippen LogP contribution is 2.43. The molecule has 0 N–H and O–H groups in total. The van der Waals surface area contributed by atoms with Crippen LogP contribution in [0.25, 0.3) is 28.3 Å². The zero-order valence-electron chi connectivity index (χ0n) is 18.8. The van der Waals surface area contributed by atoms with Crippen molar-refractivity contribution in [3.63, 3.8) is 0 Å². The number of benzene rings is 2. The molecule has 0 atom stereocenters. The molecule has 4 rings (SSSR count). The van der Waals surface area contributed by atoms with Crippen LogP contribution in [-0.2, 0) is 17.5 Å². The van der Waals surface area contributed by atoms with E-state index in [2.05, 4.69) is 10.3 Å². The summed E-state index contributed by atoms with van der Waals surface area (Å²) in [5, 5.41) is 7.58. The van der Waals surface area contributed by atoms with Crippen molar-refractivity contribution in [2.24, 2.45) is 0 Å². The summed E-state index contributed by atoms with van der Waals surface area (Å²) in [6, 6.07) is 9.27. The van der Waals surface area contributed by atoms with Crippen LogP contribution in [0.5, 0.6) is 0 Å². The summed E-state index contributed by atoms with van der Waals surface area (Å²) in [7, 11) is 0. The third-order valence-electron chi connectivity index (χ3n) is 4.55. The van der Waals surface area contributed by atoms with Crippen molar-refractivity contribution >= 4 is 23.2 Å². The van der Waals surface area contributed by atoms with Crippen LogP contribution < -0.4 is 0 Å². The Bertz CT molecular complexity index is 1370. The summed E-state index contributed by atoms with van der Waals surface area (Å²) in [6.45, 7) is -1.40. The normalized spacial score (nSPS) is 13.2. The van der Waals surface area contributed by atoms with Crippen LogP contribution in [0.1, 0.15) is 20.9 Å². The molecule has 0 fully saturated rings. The summed E-state index contributed by atoms with van der Waals surface area (Å²) in [5.74, 6) is -1.52. The third kappa shape index (κ3) is 4.48. The van der Waals surface area contributed by atoms with Crippen LogP contribution in [0.15, 0.2) is 53.2 Å². The number of rotatable bonds is 6. The lowest BCUT2D eigenvalue weighted by molar-refractivity contribution is -0.142. The van der Waals surface area contributed by atoms with Crippen molar-refractivity contribution in [3.05, 3.63) is 75.8 Å². The molecule has 0 saturated carbocycles. The minimum Gasteiger partial charge on any atom is -0.377 e. The van der Waals surface area contributed by atoms with Crippen molar-refractivity contribution in [2.45, 2.75) is 19.7 Å². The smallest absolute Gasteiger partial charge is 0.377 e. The van der Waals surface area contributed by atoms with Crippen LogP contribution in [0, 0.1) is 5.82 Å². The van der Waals surface area contributed by atoms with E-state index in [1.54, 1.807) is 0 Å². The van der Waals surface area contributed by atoms with E-state index in [0.717, 1.165) is 12.3 Å². The Balaban J connectivity index is 2.04. The van der Waals surface area contributed by atoms with Gasteiger partial charge in [0.05, 0.1) is 42.9 Å². The second kappa shape index (κ2) is 9.17. The fourth-order valence-electron chi connectivity index (χ4n) is 3.20. The quantitative estimate of drug-likeness (QED) is 0.262. The molecule has 2 aromatic heterocycles. The Morgan fingerprint density at radius 3 is 2.61 bits per heavy atom. The van der Waals surface area contributed by atoms with E-state index in [-0.39, 0.29) is 27.9 Å². The SMILES string of the molecule is [2H]C([2H])(OCC)c1c(-c2c(F)cccc2Cl)noc1-c1cnn(-c2cccc(Cl)c2)c1C(F)(F)F. The molecule has 11 heteroatoms. The minimum atomic E-state index is -4.97. The Morgan fingerprint density at radius 2 is 1.94 bits per heavy atom. The van der Waals surface area contributed by atoms with Crippen molar-refractivity contribution < 1.29 is 29.6 Å². The molecule has 2 heterocycles. The van der Waals surface area contributed by atoms with Crippen molar-refractivity contribution in [3.8, 4) is 28.3 Å².